The standard InChI is InChI=1S/C14H19N3O3S/c1-11-5-6-12(4-3-7-15)13(10-11)14(18)16-8-9-17-21(2,19)20/h5-6,10,17H,7-9,15H2,1-2H3,(H,16,18). The fraction of sp³-hybridized carbons (Fsp3) is 0.357. The van der Waals surface area contributed by atoms with Gasteiger partial charge in [0.2, 0.25) is 10.0 Å². The predicted octanol–water partition coefficient (Wildman–Crippen LogP) is -0.416. The summed E-state index contributed by atoms with van der Waals surface area (Å²) in [7, 11) is -3.25. The lowest BCUT2D eigenvalue weighted by atomic mass is 10.0. The highest BCUT2D eigenvalue weighted by molar-refractivity contribution is 7.88. The summed E-state index contributed by atoms with van der Waals surface area (Å²) in [5, 5.41) is 2.65. The molecule has 0 fully saturated rings. The Bertz CT molecular complexity index is 672. The maximum atomic E-state index is 12.1. The van der Waals surface area contributed by atoms with Crippen LogP contribution < -0.4 is 15.8 Å². The zero-order valence-corrected chi connectivity index (χ0v) is 12.9. The molecule has 6 nitrogen and oxygen atoms in total. The largest absolute Gasteiger partial charge is 0.351 e. The van der Waals surface area contributed by atoms with E-state index in [0.29, 0.717) is 11.1 Å². The molecule has 0 aromatic heterocycles. The number of amides is 1. The molecule has 0 spiro atoms. The number of nitrogens with one attached hydrogen (secondary N) is 2. The van der Waals surface area contributed by atoms with Gasteiger partial charge in [-0.3, -0.25) is 4.79 Å². The van der Waals surface area contributed by atoms with Gasteiger partial charge in [-0.25, -0.2) is 13.1 Å². The van der Waals surface area contributed by atoms with Crippen LogP contribution in [0.5, 0.6) is 0 Å². The van der Waals surface area contributed by atoms with Crippen LogP contribution >= 0.6 is 0 Å². The minimum atomic E-state index is -3.25. The van der Waals surface area contributed by atoms with Crippen LogP contribution in [-0.4, -0.2) is 40.2 Å². The average Bonchev–Trinajstić information content (AvgIpc) is 2.41. The molecule has 0 atom stereocenters. The zero-order chi connectivity index (χ0) is 15.9. The summed E-state index contributed by atoms with van der Waals surface area (Å²) in [4.78, 5) is 12.1. The number of aryl methyl sites for hydroxylation is 1. The second-order valence-electron chi connectivity index (χ2n) is 4.48. The van der Waals surface area contributed by atoms with E-state index in [2.05, 4.69) is 21.9 Å². The van der Waals surface area contributed by atoms with E-state index < -0.39 is 10.0 Å². The van der Waals surface area contributed by atoms with Crippen molar-refractivity contribution in [2.45, 2.75) is 6.92 Å². The lowest BCUT2D eigenvalue weighted by molar-refractivity contribution is 0.0954. The van der Waals surface area contributed by atoms with Gasteiger partial charge in [0, 0.05) is 18.7 Å². The molecule has 7 heteroatoms. The molecule has 0 radical (unpaired) electrons. The van der Waals surface area contributed by atoms with Crippen LogP contribution in [0.15, 0.2) is 18.2 Å². The molecule has 1 rings (SSSR count). The molecule has 0 saturated carbocycles. The number of hydrogen-bond acceptors (Lipinski definition) is 4. The quantitative estimate of drug-likeness (QED) is 0.508. The Morgan fingerprint density at radius 2 is 2.05 bits per heavy atom. The van der Waals surface area contributed by atoms with Crippen LogP contribution in [0.3, 0.4) is 0 Å². The minimum absolute atomic E-state index is 0.139. The van der Waals surface area contributed by atoms with Gasteiger partial charge in [-0.2, -0.15) is 0 Å². The molecule has 0 saturated heterocycles. The molecular formula is C14H19N3O3S. The molecule has 1 aromatic carbocycles. The first-order valence-corrected chi connectivity index (χ1v) is 8.25. The summed E-state index contributed by atoms with van der Waals surface area (Å²) in [6, 6.07) is 5.37. The van der Waals surface area contributed by atoms with E-state index in [0.717, 1.165) is 11.8 Å². The summed E-state index contributed by atoms with van der Waals surface area (Å²) in [5.41, 5.74) is 7.32. The van der Waals surface area contributed by atoms with Crippen LogP contribution in [0.25, 0.3) is 0 Å². The number of sulfonamides is 1. The van der Waals surface area contributed by atoms with Gasteiger partial charge in [0.1, 0.15) is 0 Å². The van der Waals surface area contributed by atoms with Gasteiger partial charge < -0.3 is 11.1 Å². The van der Waals surface area contributed by atoms with Gasteiger partial charge in [0.15, 0.2) is 0 Å². The van der Waals surface area contributed by atoms with Gasteiger partial charge in [0.05, 0.1) is 18.4 Å². The maximum absolute atomic E-state index is 12.1. The lowest BCUT2D eigenvalue weighted by Crippen LogP contribution is -2.34. The van der Waals surface area contributed by atoms with Crippen LogP contribution in [0, 0.1) is 18.8 Å². The van der Waals surface area contributed by atoms with Gasteiger partial charge in [-0.15, -0.1) is 0 Å². The van der Waals surface area contributed by atoms with Crippen LogP contribution in [-0.2, 0) is 10.0 Å². The molecule has 0 bridgehead atoms. The zero-order valence-electron chi connectivity index (χ0n) is 12.1. The van der Waals surface area contributed by atoms with Crippen molar-refractivity contribution in [2.75, 3.05) is 25.9 Å². The Morgan fingerprint density at radius 3 is 2.67 bits per heavy atom. The van der Waals surface area contributed by atoms with Gasteiger partial charge in [-0.05, 0) is 19.1 Å². The SMILES string of the molecule is Cc1ccc(C#CCN)c(C(=O)NCCNS(C)(=O)=O)c1. The van der Waals surface area contributed by atoms with E-state index in [1.54, 1.807) is 12.1 Å². The van der Waals surface area contributed by atoms with Crippen molar-refractivity contribution >= 4 is 15.9 Å². The van der Waals surface area contributed by atoms with Crippen LogP contribution in [0.1, 0.15) is 21.5 Å². The molecule has 0 aliphatic rings. The van der Waals surface area contributed by atoms with Crippen molar-refractivity contribution in [3.8, 4) is 11.8 Å². The molecule has 0 aliphatic heterocycles. The van der Waals surface area contributed by atoms with Gasteiger partial charge in [0.25, 0.3) is 5.91 Å². The van der Waals surface area contributed by atoms with E-state index in [1.807, 2.05) is 13.0 Å². The van der Waals surface area contributed by atoms with Crippen LogP contribution in [0.2, 0.25) is 0 Å². The fourth-order valence-corrected chi connectivity index (χ4v) is 2.08. The number of nitrogens with two attached hydrogens (primary N) is 1. The highest BCUT2D eigenvalue weighted by Crippen LogP contribution is 2.10. The summed E-state index contributed by atoms with van der Waals surface area (Å²) in [5.74, 6) is 5.26. The third-order valence-electron chi connectivity index (χ3n) is 2.52. The first-order valence-electron chi connectivity index (χ1n) is 6.36. The number of carbonyl (C=O) groups is 1. The molecule has 114 valence electrons. The molecule has 4 N–H and O–H groups in total. The molecule has 0 aliphatic carbocycles. The summed E-state index contributed by atoms with van der Waals surface area (Å²) in [6.45, 7) is 2.43. The Kier molecular flexibility index (Phi) is 6.37. The van der Waals surface area contributed by atoms with E-state index in [-0.39, 0.29) is 25.5 Å². The van der Waals surface area contributed by atoms with Crippen LogP contribution in [0.4, 0.5) is 0 Å². The number of carbonyl (C=O) groups excluding carboxylic acids is 1. The molecule has 0 heterocycles. The highest BCUT2D eigenvalue weighted by atomic mass is 32.2. The van der Waals surface area contributed by atoms with Crippen molar-refractivity contribution in [2.24, 2.45) is 5.73 Å². The van der Waals surface area contributed by atoms with E-state index in [4.69, 9.17) is 5.73 Å². The summed E-state index contributed by atoms with van der Waals surface area (Å²) >= 11 is 0. The monoisotopic (exact) mass is 309 g/mol. The van der Waals surface area contributed by atoms with Crippen molar-refractivity contribution in [1.82, 2.24) is 10.0 Å². The van der Waals surface area contributed by atoms with Crippen molar-refractivity contribution in [3.05, 3.63) is 34.9 Å². The smallest absolute Gasteiger partial charge is 0.252 e. The first-order chi connectivity index (χ1) is 9.83. The van der Waals surface area contributed by atoms with E-state index in [1.165, 1.54) is 0 Å². The summed E-state index contributed by atoms with van der Waals surface area (Å²) < 4.78 is 24.1. The first kappa shape index (κ1) is 17.2. The number of benzene rings is 1. The highest BCUT2D eigenvalue weighted by Gasteiger charge is 2.10. The van der Waals surface area contributed by atoms with Gasteiger partial charge in [-0.1, -0.05) is 23.5 Å². The Labute approximate surface area is 125 Å². The number of rotatable bonds is 5. The second kappa shape index (κ2) is 7.78. The normalized spacial score (nSPS) is 10.6. The summed E-state index contributed by atoms with van der Waals surface area (Å²) in [6.07, 6.45) is 1.07. The fourth-order valence-electron chi connectivity index (χ4n) is 1.61. The molecule has 1 aromatic rings. The Morgan fingerprint density at radius 1 is 1.33 bits per heavy atom. The molecule has 0 unspecified atom stereocenters. The van der Waals surface area contributed by atoms with E-state index in [9.17, 15) is 13.2 Å². The molecule has 21 heavy (non-hydrogen) atoms. The third kappa shape index (κ3) is 6.40. The topological polar surface area (TPSA) is 101 Å². The van der Waals surface area contributed by atoms with Crippen molar-refractivity contribution in [1.29, 1.82) is 0 Å². The van der Waals surface area contributed by atoms with Gasteiger partial charge >= 0.3 is 0 Å². The number of hydrogen-bond donors (Lipinski definition) is 3. The Balaban J connectivity index is 2.75. The predicted molar refractivity (Wildman–Crippen MR) is 82.3 cm³/mol. The van der Waals surface area contributed by atoms with E-state index >= 15 is 0 Å². The maximum Gasteiger partial charge on any atom is 0.252 e. The minimum Gasteiger partial charge on any atom is -0.351 e. The Hall–Kier alpha value is -1.88. The molecular weight excluding hydrogens is 290 g/mol. The van der Waals surface area contributed by atoms with Crippen molar-refractivity contribution < 1.29 is 13.2 Å². The molecule has 1 amide bonds. The lowest BCUT2D eigenvalue weighted by Gasteiger charge is -2.08. The average molecular weight is 309 g/mol. The second-order valence-corrected chi connectivity index (χ2v) is 6.31. The third-order valence-corrected chi connectivity index (χ3v) is 3.25. The van der Waals surface area contributed by atoms with Crippen molar-refractivity contribution in [3.63, 3.8) is 0 Å².